The molecule has 0 spiro atoms. The molecule has 5 heteroatoms. The van der Waals surface area contributed by atoms with Gasteiger partial charge in [0.05, 0.1) is 6.54 Å². The van der Waals surface area contributed by atoms with Gasteiger partial charge < -0.3 is 4.42 Å². The van der Waals surface area contributed by atoms with Crippen LogP contribution in [0.4, 0.5) is 0 Å². The Kier molecular flexibility index (Phi) is 2.67. The molecule has 0 aliphatic heterocycles. The summed E-state index contributed by atoms with van der Waals surface area (Å²) in [5.74, 6) is 0. The summed E-state index contributed by atoms with van der Waals surface area (Å²) >= 11 is 0. The van der Waals surface area contributed by atoms with Crippen LogP contribution in [0.15, 0.2) is 56.8 Å². The van der Waals surface area contributed by atoms with Gasteiger partial charge in [0.1, 0.15) is 5.58 Å². The highest BCUT2D eigenvalue weighted by molar-refractivity contribution is 6.07. The molecule has 1 aromatic heterocycles. The molecule has 0 aliphatic rings. The second-order valence-corrected chi connectivity index (χ2v) is 4.14. The molecule has 0 bridgehead atoms. The molecule has 0 amide bonds. The van der Waals surface area contributed by atoms with Crippen molar-refractivity contribution in [3.63, 3.8) is 0 Å². The average molecular weight is 251 g/mol. The molecule has 92 valence electrons. The van der Waals surface area contributed by atoms with Crippen LogP contribution >= 0.6 is 0 Å². The van der Waals surface area contributed by atoms with Gasteiger partial charge in [0.25, 0.3) is 0 Å². The van der Waals surface area contributed by atoms with Crippen molar-refractivity contribution in [2.75, 3.05) is 0 Å². The minimum atomic E-state index is -0.439. The maximum absolute atomic E-state index is 11.5. The molecule has 19 heavy (non-hydrogen) atoms. The number of benzene rings is 2. The van der Waals surface area contributed by atoms with Crippen LogP contribution in [-0.2, 0) is 6.54 Å². The predicted octanol–water partition coefficient (Wildman–Crippen LogP) is 3.76. The van der Waals surface area contributed by atoms with Crippen molar-refractivity contribution in [3.8, 4) is 0 Å². The van der Waals surface area contributed by atoms with Crippen LogP contribution in [0.25, 0.3) is 32.2 Å². The Labute approximate surface area is 107 Å². The van der Waals surface area contributed by atoms with E-state index in [1.54, 1.807) is 6.07 Å². The van der Waals surface area contributed by atoms with Gasteiger partial charge in [-0.05, 0) is 27.9 Å². The van der Waals surface area contributed by atoms with Gasteiger partial charge in [-0.1, -0.05) is 35.4 Å². The number of hydrogen-bond donors (Lipinski definition) is 0. The zero-order valence-corrected chi connectivity index (χ0v) is 9.91. The lowest BCUT2D eigenvalue weighted by Gasteiger charge is -2.06. The summed E-state index contributed by atoms with van der Waals surface area (Å²) in [6.45, 7) is 0.132. The van der Waals surface area contributed by atoms with Gasteiger partial charge >= 0.3 is 5.63 Å². The maximum atomic E-state index is 11.5. The Morgan fingerprint density at radius 1 is 1.21 bits per heavy atom. The van der Waals surface area contributed by atoms with Crippen molar-refractivity contribution in [2.45, 2.75) is 6.54 Å². The van der Waals surface area contributed by atoms with Crippen LogP contribution in [0.3, 0.4) is 0 Å². The molecule has 2 aromatic carbocycles. The van der Waals surface area contributed by atoms with Crippen molar-refractivity contribution in [3.05, 3.63) is 68.9 Å². The van der Waals surface area contributed by atoms with Crippen molar-refractivity contribution in [1.82, 2.24) is 0 Å². The minimum absolute atomic E-state index is 0.132. The van der Waals surface area contributed by atoms with E-state index in [1.165, 1.54) is 6.07 Å². The van der Waals surface area contributed by atoms with Crippen molar-refractivity contribution >= 4 is 21.7 Å². The molecule has 0 atom stereocenters. The third kappa shape index (κ3) is 1.92. The lowest BCUT2D eigenvalue weighted by atomic mass is 10.0. The summed E-state index contributed by atoms with van der Waals surface area (Å²) in [6.07, 6.45) is 0. The van der Waals surface area contributed by atoms with Crippen molar-refractivity contribution < 1.29 is 4.42 Å². The van der Waals surface area contributed by atoms with E-state index >= 15 is 0 Å². The second kappa shape index (κ2) is 4.48. The Hall–Kier alpha value is -2.78. The van der Waals surface area contributed by atoms with Crippen molar-refractivity contribution in [2.24, 2.45) is 5.11 Å². The summed E-state index contributed by atoms with van der Waals surface area (Å²) < 4.78 is 5.20. The number of nitrogens with zero attached hydrogens (tertiary/aromatic N) is 3. The Balaban J connectivity index is 2.48. The molecule has 0 unspecified atom stereocenters. The van der Waals surface area contributed by atoms with Gasteiger partial charge in [0, 0.05) is 16.4 Å². The Morgan fingerprint density at radius 3 is 2.89 bits per heavy atom. The molecule has 1 heterocycles. The van der Waals surface area contributed by atoms with Crippen LogP contribution in [-0.4, -0.2) is 0 Å². The fraction of sp³-hybridized carbons (Fsp3) is 0.0714. The van der Waals surface area contributed by atoms with Crippen LogP contribution in [0.2, 0.25) is 0 Å². The van der Waals surface area contributed by atoms with E-state index in [1.807, 2.05) is 30.3 Å². The number of rotatable bonds is 2. The molecule has 0 N–H and O–H groups in total. The van der Waals surface area contributed by atoms with Crippen molar-refractivity contribution in [1.29, 1.82) is 0 Å². The monoisotopic (exact) mass is 251 g/mol. The molecule has 0 saturated carbocycles. The van der Waals surface area contributed by atoms with Crippen LogP contribution in [0.1, 0.15) is 5.56 Å². The maximum Gasteiger partial charge on any atom is 0.336 e. The first-order chi connectivity index (χ1) is 9.29. The molecule has 3 aromatic rings. The first kappa shape index (κ1) is 11.3. The van der Waals surface area contributed by atoms with Gasteiger partial charge in [0.2, 0.25) is 0 Å². The molecule has 0 saturated heterocycles. The van der Waals surface area contributed by atoms with E-state index in [9.17, 15) is 4.79 Å². The normalized spacial score (nSPS) is 10.5. The Bertz CT molecular complexity index is 877. The Morgan fingerprint density at radius 2 is 2.05 bits per heavy atom. The lowest BCUT2D eigenvalue weighted by molar-refractivity contribution is 0.559. The smallest absolute Gasteiger partial charge is 0.336 e. The zero-order valence-electron chi connectivity index (χ0n) is 9.91. The van der Waals surface area contributed by atoms with Crippen LogP contribution in [0.5, 0.6) is 0 Å². The van der Waals surface area contributed by atoms with E-state index in [0.29, 0.717) is 11.1 Å². The molecule has 5 nitrogen and oxygen atoms in total. The molecule has 0 fully saturated rings. The first-order valence-corrected chi connectivity index (χ1v) is 5.75. The summed E-state index contributed by atoms with van der Waals surface area (Å²) in [7, 11) is 0. The highest BCUT2D eigenvalue weighted by atomic mass is 16.4. The molecule has 0 aliphatic carbocycles. The quantitative estimate of drug-likeness (QED) is 0.228. The third-order valence-corrected chi connectivity index (χ3v) is 3.02. The summed E-state index contributed by atoms with van der Waals surface area (Å²) in [5, 5.41) is 6.39. The second-order valence-electron chi connectivity index (χ2n) is 4.14. The van der Waals surface area contributed by atoms with E-state index in [2.05, 4.69) is 10.0 Å². The van der Waals surface area contributed by atoms with Gasteiger partial charge in [-0.25, -0.2) is 4.79 Å². The molecular formula is C14H9N3O2. The van der Waals surface area contributed by atoms with E-state index in [-0.39, 0.29) is 6.54 Å². The molecule has 3 rings (SSSR count). The summed E-state index contributed by atoms with van der Waals surface area (Å²) in [6, 6.07) is 12.8. The standard InChI is InChI=1S/C14H9N3O2/c15-17-16-8-10-7-13(18)19-12-6-5-9-3-1-2-4-11(9)14(10)12/h1-7H,8H2. The topological polar surface area (TPSA) is 79.0 Å². The largest absolute Gasteiger partial charge is 0.423 e. The number of fused-ring (bicyclic) bond motifs is 3. The predicted molar refractivity (Wildman–Crippen MR) is 72.8 cm³/mol. The summed E-state index contributed by atoms with van der Waals surface area (Å²) in [5.41, 5.74) is 9.19. The lowest BCUT2D eigenvalue weighted by Crippen LogP contribution is -2.00. The fourth-order valence-electron chi connectivity index (χ4n) is 2.25. The third-order valence-electron chi connectivity index (χ3n) is 3.02. The summed E-state index contributed by atoms with van der Waals surface area (Å²) in [4.78, 5) is 14.2. The first-order valence-electron chi connectivity index (χ1n) is 5.75. The van der Waals surface area contributed by atoms with Crippen LogP contribution < -0.4 is 5.63 Å². The molecule has 0 radical (unpaired) electrons. The average Bonchev–Trinajstić information content (AvgIpc) is 2.44. The minimum Gasteiger partial charge on any atom is -0.423 e. The van der Waals surface area contributed by atoms with E-state index in [4.69, 9.17) is 9.95 Å². The SMILES string of the molecule is [N-]=[N+]=NCc1cc(=O)oc2ccc3ccccc3c12. The fourth-order valence-corrected chi connectivity index (χ4v) is 2.25. The highest BCUT2D eigenvalue weighted by Crippen LogP contribution is 2.27. The van der Waals surface area contributed by atoms with Gasteiger partial charge in [-0.3, -0.25) is 0 Å². The van der Waals surface area contributed by atoms with Gasteiger partial charge in [-0.15, -0.1) is 0 Å². The number of azide groups is 1. The zero-order chi connectivity index (χ0) is 13.2. The van der Waals surface area contributed by atoms with E-state index in [0.717, 1.165) is 16.2 Å². The highest BCUT2D eigenvalue weighted by Gasteiger charge is 2.08. The van der Waals surface area contributed by atoms with Gasteiger partial charge in [0.15, 0.2) is 0 Å². The number of hydrogen-bond acceptors (Lipinski definition) is 3. The van der Waals surface area contributed by atoms with Crippen LogP contribution in [0, 0.1) is 0 Å². The van der Waals surface area contributed by atoms with E-state index < -0.39 is 5.63 Å². The van der Waals surface area contributed by atoms with Gasteiger partial charge in [-0.2, -0.15) is 0 Å². The molecular weight excluding hydrogens is 242 g/mol.